The van der Waals surface area contributed by atoms with E-state index in [1.54, 1.807) is 0 Å². The number of aromatic amines is 1. The highest BCUT2D eigenvalue weighted by Gasteiger charge is 2.24. The SMILES string of the molecule is Clc1ccccc1CN1CCC(Oc2ccc3[nH]ncc3c2)C1. The van der Waals surface area contributed by atoms with Crippen molar-refractivity contribution in [2.24, 2.45) is 0 Å². The lowest BCUT2D eigenvalue weighted by atomic mass is 10.2. The van der Waals surface area contributed by atoms with Crippen molar-refractivity contribution in [2.75, 3.05) is 13.1 Å². The number of hydrogen-bond donors (Lipinski definition) is 1. The molecule has 0 radical (unpaired) electrons. The highest BCUT2D eigenvalue weighted by molar-refractivity contribution is 6.31. The molecule has 5 heteroatoms. The molecule has 118 valence electrons. The Labute approximate surface area is 140 Å². The predicted octanol–water partition coefficient (Wildman–Crippen LogP) is 3.87. The minimum atomic E-state index is 0.224. The third-order valence-electron chi connectivity index (χ3n) is 4.30. The normalized spacial score (nSPS) is 18.6. The van der Waals surface area contributed by atoms with Crippen LogP contribution >= 0.6 is 11.6 Å². The van der Waals surface area contributed by atoms with Crippen LogP contribution in [0.15, 0.2) is 48.7 Å². The van der Waals surface area contributed by atoms with E-state index < -0.39 is 0 Å². The number of ether oxygens (including phenoxy) is 1. The predicted molar refractivity (Wildman–Crippen MR) is 91.9 cm³/mol. The largest absolute Gasteiger partial charge is 0.489 e. The van der Waals surface area contributed by atoms with E-state index in [1.807, 2.05) is 42.6 Å². The van der Waals surface area contributed by atoms with Gasteiger partial charge in [-0.2, -0.15) is 5.10 Å². The molecule has 1 saturated heterocycles. The average molecular weight is 328 g/mol. The number of aromatic nitrogens is 2. The van der Waals surface area contributed by atoms with Crippen molar-refractivity contribution in [3.63, 3.8) is 0 Å². The van der Waals surface area contributed by atoms with Crippen molar-refractivity contribution in [3.05, 3.63) is 59.2 Å². The Morgan fingerprint density at radius 1 is 1.26 bits per heavy atom. The molecular formula is C18H18ClN3O. The van der Waals surface area contributed by atoms with Crippen LogP contribution in [0.4, 0.5) is 0 Å². The summed E-state index contributed by atoms with van der Waals surface area (Å²) in [6, 6.07) is 14.1. The summed E-state index contributed by atoms with van der Waals surface area (Å²) in [7, 11) is 0. The van der Waals surface area contributed by atoms with Crippen LogP contribution in [0.3, 0.4) is 0 Å². The van der Waals surface area contributed by atoms with Crippen molar-refractivity contribution in [2.45, 2.75) is 19.1 Å². The Morgan fingerprint density at radius 2 is 2.17 bits per heavy atom. The Hall–Kier alpha value is -2.04. The summed E-state index contributed by atoms with van der Waals surface area (Å²) in [5, 5.41) is 8.91. The average Bonchev–Trinajstić information content (AvgIpc) is 3.18. The zero-order valence-corrected chi connectivity index (χ0v) is 13.5. The zero-order valence-electron chi connectivity index (χ0n) is 12.7. The number of likely N-dealkylation sites (tertiary alicyclic amines) is 1. The molecule has 1 aromatic heterocycles. The molecule has 2 aromatic carbocycles. The lowest BCUT2D eigenvalue weighted by Crippen LogP contribution is -2.24. The first-order valence-corrected chi connectivity index (χ1v) is 8.21. The lowest BCUT2D eigenvalue weighted by molar-refractivity contribution is 0.198. The van der Waals surface area contributed by atoms with Gasteiger partial charge in [-0.15, -0.1) is 0 Å². The van der Waals surface area contributed by atoms with Gasteiger partial charge in [-0.3, -0.25) is 10.00 Å². The zero-order chi connectivity index (χ0) is 15.6. The topological polar surface area (TPSA) is 41.1 Å². The Bertz CT molecular complexity index is 817. The Kier molecular flexibility index (Phi) is 3.93. The molecule has 0 saturated carbocycles. The molecule has 1 N–H and O–H groups in total. The molecular weight excluding hydrogens is 310 g/mol. The van der Waals surface area contributed by atoms with Crippen LogP contribution in [0.1, 0.15) is 12.0 Å². The molecule has 1 atom stereocenters. The van der Waals surface area contributed by atoms with Crippen molar-refractivity contribution < 1.29 is 4.74 Å². The van der Waals surface area contributed by atoms with Gasteiger partial charge in [0.15, 0.2) is 0 Å². The molecule has 1 fully saturated rings. The van der Waals surface area contributed by atoms with E-state index in [-0.39, 0.29) is 6.10 Å². The van der Waals surface area contributed by atoms with E-state index in [0.717, 1.165) is 47.7 Å². The molecule has 23 heavy (non-hydrogen) atoms. The first kappa shape index (κ1) is 14.5. The number of rotatable bonds is 4. The van der Waals surface area contributed by atoms with Crippen molar-refractivity contribution in [1.29, 1.82) is 0 Å². The summed E-state index contributed by atoms with van der Waals surface area (Å²) in [5.74, 6) is 0.906. The van der Waals surface area contributed by atoms with E-state index in [9.17, 15) is 0 Å². The molecule has 0 aliphatic carbocycles. The third-order valence-corrected chi connectivity index (χ3v) is 4.66. The number of nitrogens with one attached hydrogen (secondary N) is 1. The smallest absolute Gasteiger partial charge is 0.120 e. The second kappa shape index (κ2) is 6.22. The maximum atomic E-state index is 6.25. The lowest BCUT2D eigenvalue weighted by Gasteiger charge is -2.17. The van der Waals surface area contributed by atoms with Gasteiger partial charge in [-0.05, 0) is 36.2 Å². The van der Waals surface area contributed by atoms with E-state index in [4.69, 9.17) is 16.3 Å². The maximum absolute atomic E-state index is 6.25. The van der Waals surface area contributed by atoms with Crippen LogP contribution in [0.5, 0.6) is 5.75 Å². The summed E-state index contributed by atoms with van der Waals surface area (Å²) in [4.78, 5) is 2.39. The van der Waals surface area contributed by atoms with Gasteiger partial charge in [-0.1, -0.05) is 29.8 Å². The van der Waals surface area contributed by atoms with Gasteiger partial charge in [-0.25, -0.2) is 0 Å². The Morgan fingerprint density at radius 3 is 3.09 bits per heavy atom. The fourth-order valence-corrected chi connectivity index (χ4v) is 3.29. The van der Waals surface area contributed by atoms with Gasteiger partial charge in [0.1, 0.15) is 11.9 Å². The molecule has 1 aliphatic rings. The highest BCUT2D eigenvalue weighted by Crippen LogP contribution is 2.24. The molecule has 0 bridgehead atoms. The summed E-state index contributed by atoms with van der Waals surface area (Å²) in [6.07, 6.45) is 3.08. The first-order chi connectivity index (χ1) is 11.3. The fourth-order valence-electron chi connectivity index (χ4n) is 3.09. The molecule has 0 spiro atoms. The molecule has 2 heterocycles. The van der Waals surface area contributed by atoms with Crippen LogP contribution in [0, 0.1) is 0 Å². The van der Waals surface area contributed by atoms with Crippen LogP contribution in [-0.4, -0.2) is 34.3 Å². The second-order valence-corrected chi connectivity index (χ2v) is 6.38. The molecule has 1 unspecified atom stereocenters. The summed E-state index contributed by atoms with van der Waals surface area (Å²) >= 11 is 6.25. The first-order valence-electron chi connectivity index (χ1n) is 7.83. The van der Waals surface area contributed by atoms with Crippen LogP contribution in [0.25, 0.3) is 10.9 Å². The standard InChI is InChI=1S/C18H18ClN3O/c19-17-4-2-1-3-13(17)11-22-8-7-16(12-22)23-15-5-6-18-14(9-15)10-20-21-18/h1-6,9-10,16H,7-8,11-12H2,(H,20,21). The van der Waals surface area contributed by atoms with Gasteiger partial charge in [0.25, 0.3) is 0 Å². The number of fused-ring (bicyclic) bond motifs is 1. The summed E-state index contributed by atoms with van der Waals surface area (Å²) in [5.41, 5.74) is 2.21. The molecule has 0 amide bonds. The summed E-state index contributed by atoms with van der Waals surface area (Å²) in [6.45, 7) is 2.83. The van der Waals surface area contributed by atoms with E-state index in [0.29, 0.717) is 0 Å². The van der Waals surface area contributed by atoms with Crippen molar-refractivity contribution in [1.82, 2.24) is 15.1 Å². The van der Waals surface area contributed by atoms with Gasteiger partial charge in [0, 0.05) is 30.0 Å². The van der Waals surface area contributed by atoms with Crippen molar-refractivity contribution >= 4 is 22.5 Å². The van der Waals surface area contributed by atoms with E-state index >= 15 is 0 Å². The fraction of sp³-hybridized carbons (Fsp3) is 0.278. The molecule has 1 aliphatic heterocycles. The minimum absolute atomic E-state index is 0.224. The maximum Gasteiger partial charge on any atom is 0.120 e. The quantitative estimate of drug-likeness (QED) is 0.791. The summed E-state index contributed by atoms with van der Waals surface area (Å²) < 4.78 is 6.13. The molecule has 3 aromatic rings. The minimum Gasteiger partial charge on any atom is -0.489 e. The van der Waals surface area contributed by atoms with Crippen LogP contribution < -0.4 is 4.74 Å². The van der Waals surface area contributed by atoms with Gasteiger partial charge >= 0.3 is 0 Å². The van der Waals surface area contributed by atoms with Gasteiger partial charge in [0.2, 0.25) is 0 Å². The van der Waals surface area contributed by atoms with Crippen molar-refractivity contribution in [3.8, 4) is 5.75 Å². The number of nitrogens with zero attached hydrogens (tertiary/aromatic N) is 2. The number of hydrogen-bond acceptors (Lipinski definition) is 3. The van der Waals surface area contributed by atoms with Gasteiger partial charge < -0.3 is 4.74 Å². The van der Waals surface area contributed by atoms with Gasteiger partial charge in [0.05, 0.1) is 11.7 Å². The van der Waals surface area contributed by atoms with Crippen LogP contribution in [0.2, 0.25) is 5.02 Å². The number of halogens is 1. The van der Waals surface area contributed by atoms with E-state index in [2.05, 4.69) is 21.2 Å². The molecule has 4 nitrogen and oxygen atoms in total. The second-order valence-electron chi connectivity index (χ2n) is 5.97. The van der Waals surface area contributed by atoms with Crippen LogP contribution in [-0.2, 0) is 6.54 Å². The highest BCUT2D eigenvalue weighted by atomic mass is 35.5. The number of benzene rings is 2. The Balaban J connectivity index is 1.39. The number of H-pyrrole nitrogens is 1. The third kappa shape index (κ3) is 3.19. The monoisotopic (exact) mass is 327 g/mol. The molecule has 4 rings (SSSR count). The van der Waals surface area contributed by atoms with E-state index in [1.165, 1.54) is 5.56 Å².